The van der Waals surface area contributed by atoms with E-state index in [1.165, 1.54) is 16.8 Å². The molecule has 3 rings (SSSR count). The summed E-state index contributed by atoms with van der Waals surface area (Å²) in [6.07, 6.45) is 4.95. The van der Waals surface area contributed by atoms with E-state index in [1.54, 1.807) is 30.7 Å². The number of rotatable bonds is 1. The maximum absolute atomic E-state index is 13.5. The van der Waals surface area contributed by atoms with E-state index in [0.29, 0.717) is 17.2 Å². The minimum Gasteiger partial charge on any atom is -0.239 e. The maximum atomic E-state index is 13.5. The predicted molar refractivity (Wildman–Crippen MR) is 92.3 cm³/mol. The third-order valence-electron chi connectivity index (χ3n) is 3.03. The number of benzene rings is 1. The molecule has 0 saturated carbocycles. The fraction of sp³-hybridized carbons (Fsp3) is 0.158. The van der Waals surface area contributed by atoms with Crippen molar-refractivity contribution in [1.82, 2.24) is 19.7 Å². The van der Waals surface area contributed by atoms with Crippen LogP contribution >= 0.6 is 0 Å². The van der Waals surface area contributed by atoms with Gasteiger partial charge in [-0.3, -0.25) is 0 Å². The lowest BCUT2D eigenvalue weighted by atomic mass is 10.2. The molecule has 3 aromatic rings. The highest BCUT2D eigenvalue weighted by Crippen LogP contribution is 2.15. The van der Waals surface area contributed by atoms with Gasteiger partial charge in [-0.05, 0) is 43.0 Å². The van der Waals surface area contributed by atoms with Gasteiger partial charge in [-0.1, -0.05) is 13.8 Å². The molecule has 0 spiro atoms. The van der Waals surface area contributed by atoms with Crippen LogP contribution in [0.25, 0.3) is 5.69 Å². The van der Waals surface area contributed by atoms with Crippen molar-refractivity contribution in [3.8, 4) is 23.6 Å². The first-order valence-electron chi connectivity index (χ1n) is 7.72. The largest absolute Gasteiger partial charge is 0.239 e. The lowest BCUT2D eigenvalue weighted by Crippen LogP contribution is -1.97. The third-order valence-corrected chi connectivity index (χ3v) is 3.03. The van der Waals surface area contributed by atoms with E-state index in [4.69, 9.17) is 5.26 Å². The molecule has 124 valence electrons. The Bertz CT molecular complexity index is 959. The van der Waals surface area contributed by atoms with Gasteiger partial charge in [-0.2, -0.15) is 10.4 Å². The normalized spacial score (nSPS) is 9.24. The predicted octanol–water partition coefficient (Wildman–Crippen LogP) is 3.41. The van der Waals surface area contributed by atoms with Crippen LogP contribution in [-0.2, 0) is 0 Å². The van der Waals surface area contributed by atoms with Gasteiger partial charge in [0.1, 0.15) is 11.5 Å². The van der Waals surface area contributed by atoms with E-state index in [9.17, 15) is 4.39 Å². The summed E-state index contributed by atoms with van der Waals surface area (Å²) < 4.78 is 15.0. The molecule has 0 aliphatic rings. The first kappa shape index (κ1) is 17.8. The molecule has 2 heterocycles. The SMILES string of the molecule is CC.Cc1cn(-c2cc(F)cc(C#N)c2)nc1C#Cc1ncccn1. The summed E-state index contributed by atoms with van der Waals surface area (Å²) in [5.41, 5.74) is 2.07. The van der Waals surface area contributed by atoms with Crippen LogP contribution < -0.4 is 0 Å². The van der Waals surface area contributed by atoms with E-state index in [-0.39, 0.29) is 5.56 Å². The molecule has 2 aromatic heterocycles. The Morgan fingerprint density at radius 2 is 1.80 bits per heavy atom. The summed E-state index contributed by atoms with van der Waals surface area (Å²) in [5, 5.41) is 13.2. The topological polar surface area (TPSA) is 67.4 Å². The Morgan fingerprint density at radius 3 is 2.48 bits per heavy atom. The van der Waals surface area contributed by atoms with Crippen molar-refractivity contribution in [1.29, 1.82) is 5.26 Å². The molecule has 0 aliphatic heterocycles. The smallest absolute Gasteiger partial charge is 0.205 e. The van der Waals surface area contributed by atoms with E-state index < -0.39 is 5.82 Å². The highest BCUT2D eigenvalue weighted by Gasteiger charge is 2.07. The molecule has 25 heavy (non-hydrogen) atoms. The molecule has 0 atom stereocenters. The van der Waals surface area contributed by atoms with Gasteiger partial charge < -0.3 is 0 Å². The van der Waals surface area contributed by atoms with Crippen molar-refractivity contribution in [3.63, 3.8) is 0 Å². The van der Waals surface area contributed by atoms with Crippen LogP contribution in [0, 0.1) is 35.9 Å². The van der Waals surface area contributed by atoms with Crippen molar-refractivity contribution < 1.29 is 4.39 Å². The summed E-state index contributed by atoms with van der Waals surface area (Å²) in [7, 11) is 0. The van der Waals surface area contributed by atoms with E-state index in [0.717, 1.165) is 5.56 Å². The molecule has 0 amide bonds. The Kier molecular flexibility index (Phi) is 5.97. The van der Waals surface area contributed by atoms with Crippen molar-refractivity contribution in [2.45, 2.75) is 20.8 Å². The number of hydrogen-bond donors (Lipinski definition) is 0. The van der Waals surface area contributed by atoms with Crippen LogP contribution in [0.4, 0.5) is 4.39 Å². The van der Waals surface area contributed by atoms with E-state index in [2.05, 4.69) is 26.9 Å². The molecular weight excluding hydrogens is 317 g/mol. The van der Waals surface area contributed by atoms with Gasteiger partial charge in [0.15, 0.2) is 0 Å². The van der Waals surface area contributed by atoms with Crippen molar-refractivity contribution in [3.05, 3.63) is 71.3 Å². The number of nitriles is 1. The highest BCUT2D eigenvalue weighted by molar-refractivity contribution is 5.44. The molecule has 0 saturated heterocycles. The summed E-state index contributed by atoms with van der Waals surface area (Å²) in [4.78, 5) is 8.04. The molecular formula is C19H16FN5. The zero-order valence-electron chi connectivity index (χ0n) is 14.2. The number of halogens is 1. The Labute approximate surface area is 145 Å². The molecule has 1 aromatic carbocycles. The molecule has 0 bridgehead atoms. The monoisotopic (exact) mass is 333 g/mol. The van der Waals surface area contributed by atoms with Crippen molar-refractivity contribution in [2.24, 2.45) is 0 Å². The van der Waals surface area contributed by atoms with Crippen LogP contribution in [0.15, 0.2) is 42.9 Å². The Morgan fingerprint density at radius 1 is 1.08 bits per heavy atom. The van der Waals surface area contributed by atoms with Crippen LogP contribution in [0.2, 0.25) is 0 Å². The lowest BCUT2D eigenvalue weighted by Gasteiger charge is -2.01. The van der Waals surface area contributed by atoms with Crippen LogP contribution in [-0.4, -0.2) is 19.7 Å². The average Bonchev–Trinajstić information content (AvgIpc) is 3.03. The van der Waals surface area contributed by atoms with Gasteiger partial charge in [0.25, 0.3) is 0 Å². The number of nitrogens with zero attached hydrogens (tertiary/aromatic N) is 5. The summed E-state index contributed by atoms with van der Waals surface area (Å²) in [5.74, 6) is 5.64. The Balaban J connectivity index is 0.00000109. The Hall–Kier alpha value is -3.51. The second-order valence-corrected chi connectivity index (χ2v) is 4.74. The first-order valence-corrected chi connectivity index (χ1v) is 7.72. The third kappa shape index (κ3) is 4.49. The highest BCUT2D eigenvalue weighted by atomic mass is 19.1. The van der Waals surface area contributed by atoms with Gasteiger partial charge in [0.05, 0.1) is 17.3 Å². The van der Waals surface area contributed by atoms with E-state index >= 15 is 0 Å². The minimum absolute atomic E-state index is 0.235. The zero-order valence-corrected chi connectivity index (χ0v) is 14.2. The molecule has 0 aliphatic carbocycles. The van der Waals surface area contributed by atoms with Crippen LogP contribution in [0.5, 0.6) is 0 Å². The fourth-order valence-electron chi connectivity index (χ4n) is 1.97. The van der Waals surface area contributed by atoms with Crippen molar-refractivity contribution >= 4 is 0 Å². The molecule has 5 nitrogen and oxygen atoms in total. The van der Waals surface area contributed by atoms with Gasteiger partial charge >= 0.3 is 0 Å². The molecule has 0 radical (unpaired) electrons. The summed E-state index contributed by atoms with van der Waals surface area (Å²) in [6, 6.07) is 7.68. The zero-order chi connectivity index (χ0) is 18.2. The van der Waals surface area contributed by atoms with Crippen LogP contribution in [0.1, 0.15) is 36.5 Å². The maximum Gasteiger partial charge on any atom is 0.205 e. The number of hydrogen-bond acceptors (Lipinski definition) is 4. The van der Waals surface area contributed by atoms with Gasteiger partial charge in [-0.25, -0.2) is 19.0 Å². The van der Waals surface area contributed by atoms with Crippen LogP contribution in [0.3, 0.4) is 0 Å². The minimum atomic E-state index is -0.488. The molecule has 6 heteroatoms. The molecule has 0 N–H and O–H groups in total. The van der Waals surface area contributed by atoms with Gasteiger partial charge in [-0.15, -0.1) is 0 Å². The summed E-state index contributed by atoms with van der Waals surface area (Å²) in [6.45, 7) is 5.85. The summed E-state index contributed by atoms with van der Waals surface area (Å²) >= 11 is 0. The lowest BCUT2D eigenvalue weighted by molar-refractivity contribution is 0.625. The second kappa shape index (κ2) is 8.37. The quantitative estimate of drug-likeness (QED) is 0.640. The number of aromatic nitrogens is 4. The second-order valence-electron chi connectivity index (χ2n) is 4.74. The fourth-order valence-corrected chi connectivity index (χ4v) is 1.97. The average molecular weight is 333 g/mol. The first-order chi connectivity index (χ1) is 12.2. The molecule has 0 unspecified atom stereocenters. The van der Waals surface area contributed by atoms with Crippen molar-refractivity contribution in [2.75, 3.05) is 0 Å². The van der Waals surface area contributed by atoms with Gasteiger partial charge in [0.2, 0.25) is 5.82 Å². The molecule has 0 fully saturated rings. The van der Waals surface area contributed by atoms with E-state index in [1.807, 2.05) is 26.8 Å². The van der Waals surface area contributed by atoms with Gasteiger partial charge in [0, 0.05) is 24.2 Å². The number of aryl methyl sites for hydroxylation is 1. The standard InChI is InChI=1S/C17H10FN5.C2H6/c1-12-11-23(15-8-13(10-19)7-14(18)9-15)22-16(12)3-4-17-20-5-2-6-21-17;1-2/h2,5-9,11H,1H3;1-2H3.